The molecule has 0 bridgehead atoms. The molecule has 0 aliphatic heterocycles. The first-order valence-electron chi connectivity index (χ1n) is 8.89. The maximum atomic E-state index is 14.2. The monoisotopic (exact) mass is 415 g/mol. The highest BCUT2D eigenvalue weighted by Gasteiger charge is 2.20. The Balaban J connectivity index is 1.82. The molecule has 0 spiro atoms. The molecule has 0 aliphatic rings. The highest BCUT2D eigenvalue weighted by Crippen LogP contribution is 2.27. The van der Waals surface area contributed by atoms with Crippen LogP contribution in [0, 0.1) is 18.6 Å². The Morgan fingerprint density at radius 1 is 1.17 bits per heavy atom. The minimum atomic E-state index is -0.814. The van der Waals surface area contributed by atoms with Crippen molar-refractivity contribution in [1.29, 1.82) is 0 Å². The van der Waals surface area contributed by atoms with Gasteiger partial charge in [-0.25, -0.2) is 13.6 Å². The standard InChI is InChI=1S/C21H19F2N3O4/c1-12-8-14(30-11-19(27)29-3)5-7-18(12)24-21(28)16-10-26(2)25-20(16)15-6-4-13(22)9-17(15)23/h4-10H,11H2,1-3H3,(H,24,28). The highest BCUT2D eigenvalue weighted by atomic mass is 19.1. The fraction of sp³-hybridized carbons (Fsp3) is 0.190. The molecule has 0 atom stereocenters. The summed E-state index contributed by atoms with van der Waals surface area (Å²) in [5.74, 6) is -2.11. The molecule has 0 fully saturated rings. The second kappa shape index (κ2) is 8.73. The van der Waals surface area contributed by atoms with E-state index in [2.05, 4.69) is 15.2 Å². The summed E-state index contributed by atoms with van der Waals surface area (Å²) in [7, 11) is 2.86. The van der Waals surface area contributed by atoms with Crippen molar-refractivity contribution in [2.45, 2.75) is 6.92 Å². The number of carbonyl (C=O) groups is 2. The van der Waals surface area contributed by atoms with Crippen molar-refractivity contribution in [2.75, 3.05) is 19.0 Å². The zero-order valence-electron chi connectivity index (χ0n) is 16.5. The third kappa shape index (κ3) is 4.62. The predicted molar refractivity (Wildman–Crippen MR) is 105 cm³/mol. The van der Waals surface area contributed by atoms with Gasteiger partial charge in [-0.2, -0.15) is 5.10 Å². The topological polar surface area (TPSA) is 82.5 Å². The number of hydrogen-bond acceptors (Lipinski definition) is 5. The van der Waals surface area contributed by atoms with E-state index in [1.54, 1.807) is 32.2 Å². The van der Waals surface area contributed by atoms with Crippen LogP contribution in [0.4, 0.5) is 14.5 Å². The zero-order chi connectivity index (χ0) is 21.8. The molecule has 156 valence electrons. The number of ether oxygens (including phenoxy) is 2. The number of nitrogens with one attached hydrogen (secondary N) is 1. The van der Waals surface area contributed by atoms with Crippen LogP contribution in [0.5, 0.6) is 5.75 Å². The van der Waals surface area contributed by atoms with Gasteiger partial charge in [0.15, 0.2) is 6.61 Å². The Hall–Kier alpha value is -3.75. The number of esters is 1. The molecule has 0 saturated heterocycles. The molecule has 9 heteroatoms. The molecule has 1 heterocycles. The van der Waals surface area contributed by atoms with Gasteiger partial charge in [-0.15, -0.1) is 0 Å². The minimum Gasteiger partial charge on any atom is -0.482 e. The highest BCUT2D eigenvalue weighted by molar-refractivity contribution is 6.08. The second-order valence-corrected chi connectivity index (χ2v) is 6.48. The summed E-state index contributed by atoms with van der Waals surface area (Å²) in [5.41, 5.74) is 1.44. The van der Waals surface area contributed by atoms with E-state index in [4.69, 9.17) is 4.74 Å². The van der Waals surface area contributed by atoms with Crippen molar-refractivity contribution in [2.24, 2.45) is 7.05 Å². The smallest absolute Gasteiger partial charge is 0.343 e. The molecular weight excluding hydrogens is 396 g/mol. The van der Waals surface area contributed by atoms with E-state index in [1.807, 2.05) is 0 Å². The quantitative estimate of drug-likeness (QED) is 0.624. The largest absolute Gasteiger partial charge is 0.482 e. The van der Waals surface area contributed by atoms with E-state index in [-0.39, 0.29) is 23.4 Å². The van der Waals surface area contributed by atoms with E-state index in [0.717, 1.165) is 12.1 Å². The van der Waals surface area contributed by atoms with Crippen molar-refractivity contribution >= 4 is 17.6 Å². The van der Waals surface area contributed by atoms with Crippen molar-refractivity contribution in [1.82, 2.24) is 9.78 Å². The lowest BCUT2D eigenvalue weighted by Crippen LogP contribution is -2.14. The van der Waals surface area contributed by atoms with Gasteiger partial charge in [-0.05, 0) is 42.8 Å². The Kier molecular flexibility index (Phi) is 6.10. The number of methoxy groups -OCH3 is 1. The molecule has 1 amide bonds. The van der Waals surface area contributed by atoms with E-state index in [0.29, 0.717) is 17.0 Å². The lowest BCUT2D eigenvalue weighted by Gasteiger charge is -2.11. The number of benzene rings is 2. The van der Waals surface area contributed by atoms with Crippen molar-refractivity contribution in [3.8, 4) is 17.0 Å². The van der Waals surface area contributed by atoms with Crippen LogP contribution < -0.4 is 10.1 Å². The average molecular weight is 415 g/mol. The third-order valence-corrected chi connectivity index (χ3v) is 4.29. The number of halogens is 2. The molecule has 3 rings (SSSR count). The normalized spacial score (nSPS) is 10.6. The first-order valence-corrected chi connectivity index (χ1v) is 8.89. The summed E-state index contributed by atoms with van der Waals surface area (Å²) < 4.78 is 38.7. The Morgan fingerprint density at radius 3 is 2.60 bits per heavy atom. The van der Waals surface area contributed by atoms with Gasteiger partial charge in [0, 0.05) is 30.6 Å². The molecule has 0 unspecified atom stereocenters. The second-order valence-electron chi connectivity index (χ2n) is 6.48. The van der Waals surface area contributed by atoms with Gasteiger partial charge in [0.05, 0.1) is 12.7 Å². The number of amides is 1. The predicted octanol–water partition coefficient (Wildman–Crippen LogP) is 3.48. The molecule has 1 aromatic heterocycles. The Labute approximate surface area is 171 Å². The summed E-state index contributed by atoms with van der Waals surface area (Å²) >= 11 is 0. The van der Waals surface area contributed by atoms with Crippen LogP contribution in [0.15, 0.2) is 42.6 Å². The molecular formula is C21H19F2N3O4. The summed E-state index contributed by atoms with van der Waals surface area (Å²) in [6.07, 6.45) is 1.45. The van der Waals surface area contributed by atoms with Crippen molar-refractivity contribution in [3.05, 3.63) is 65.4 Å². The molecule has 0 radical (unpaired) electrons. The number of nitrogens with zero attached hydrogens (tertiary/aromatic N) is 2. The van der Waals surface area contributed by atoms with Crippen molar-refractivity contribution < 1.29 is 27.8 Å². The van der Waals surface area contributed by atoms with Crippen LogP contribution >= 0.6 is 0 Å². The molecule has 0 saturated carbocycles. The van der Waals surface area contributed by atoms with Gasteiger partial charge in [0.25, 0.3) is 5.91 Å². The molecule has 30 heavy (non-hydrogen) atoms. The van der Waals surface area contributed by atoms with E-state index >= 15 is 0 Å². The van der Waals surface area contributed by atoms with E-state index in [1.165, 1.54) is 24.1 Å². The number of carbonyl (C=O) groups excluding carboxylic acids is 2. The SMILES string of the molecule is COC(=O)COc1ccc(NC(=O)c2cn(C)nc2-c2ccc(F)cc2F)c(C)c1. The molecule has 0 aliphatic carbocycles. The first-order chi connectivity index (χ1) is 14.3. The summed E-state index contributed by atoms with van der Waals surface area (Å²) in [5, 5.41) is 6.90. The van der Waals surface area contributed by atoms with Crippen LogP contribution in [-0.2, 0) is 16.6 Å². The van der Waals surface area contributed by atoms with Crippen LogP contribution in [0.25, 0.3) is 11.3 Å². The molecule has 2 aromatic carbocycles. The third-order valence-electron chi connectivity index (χ3n) is 4.29. The summed E-state index contributed by atoms with van der Waals surface area (Å²) in [6, 6.07) is 7.95. The number of anilines is 1. The maximum absolute atomic E-state index is 14.2. The fourth-order valence-electron chi connectivity index (χ4n) is 2.79. The number of aromatic nitrogens is 2. The van der Waals surface area contributed by atoms with Crippen LogP contribution in [0.2, 0.25) is 0 Å². The lowest BCUT2D eigenvalue weighted by atomic mass is 10.1. The first kappa shape index (κ1) is 21.0. The van der Waals surface area contributed by atoms with Crippen LogP contribution in [-0.4, -0.2) is 35.4 Å². The molecule has 7 nitrogen and oxygen atoms in total. The van der Waals surface area contributed by atoms with Crippen LogP contribution in [0.3, 0.4) is 0 Å². The number of rotatable bonds is 6. The Morgan fingerprint density at radius 2 is 1.93 bits per heavy atom. The van der Waals surface area contributed by atoms with Gasteiger partial charge in [0.1, 0.15) is 23.1 Å². The van der Waals surface area contributed by atoms with Gasteiger partial charge >= 0.3 is 5.97 Å². The van der Waals surface area contributed by atoms with Crippen LogP contribution in [0.1, 0.15) is 15.9 Å². The van der Waals surface area contributed by atoms with E-state index < -0.39 is 23.5 Å². The van der Waals surface area contributed by atoms with Gasteiger partial charge in [-0.3, -0.25) is 9.48 Å². The minimum absolute atomic E-state index is 0.0189. The maximum Gasteiger partial charge on any atom is 0.343 e. The van der Waals surface area contributed by atoms with E-state index in [9.17, 15) is 18.4 Å². The average Bonchev–Trinajstić information content (AvgIpc) is 3.09. The Bertz CT molecular complexity index is 1110. The lowest BCUT2D eigenvalue weighted by molar-refractivity contribution is -0.142. The van der Waals surface area contributed by atoms with Crippen molar-refractivity contribution in [3.63, 3.8) is 0 Å². The number of aryl methyl sites for hydroxylation is 2. The van der Waals surface area contributed by atoms with Gasteiger partial charge < -0.3 is 14.8 Å². The van der Waals surface area contributed by atoms with Gasteiger partial charge in [0.2, 0.25) is 0 Å². The summed E-state index contributed by atoms with van der Waals surface area (Å²) in [4.78, 5) is 24.0. The fourth-order valence-corrected chi connectivity index (χ4v) is 2.79. The summed E-state index contributed by atoms with van der Waals surface area (Å²) in [6.45, 7) is 1.52. The zero-order valence-corrected chi connectivity index (χ0v) is 16.5. The molecule has 1 N–H and O–H groups in total. The molecule has 3 aromatic rings. The van der Waals surface area contributed by atoms with Gasteiger partial charge in [-0.1, -0.05) is 0 Å². The number of hydrogen-bond donors (Lipinski definition) is 1.